The normalized spacial score (nSPS) is 11.1. The number of alkyl halides is 2. The van der Waals surface area contributed by atoms with E-state index < -0.39 is 0 Å². The first-order valence-corrected chi connectivity index (χ1v) is 8.74. The maximum absolute atomic E-state index is 6.08. The van der Waals surface area contributed by atoms with Crippen molar-refractivity contribution in [3.63, 3.8) is 0 Å². The quantitative estimate of drug-likeness (QED) is 0.412. The lowest BCUT2D eigenvalue weighted by atomic mass is 10.2. The molecule has 2 rings (SSSR count). The van der Waals surface area contributed by atoms with E-state index in [4.69, 9.17) is 34.8 Å². The topological polar surface area (TPSA) is 28.0 Å². The number of halogens is 3. The van der Waals surface area contributed by atoms with Crippen molar-refractivity contribution in [2.75, 3.05) is 29.7 Å². The van der Waals surface area contributed by atoms with E-state index in [1.807, 2.05) is 49.4 Å². The van der Waals surface area contributed by atoms with Crippen LogP contribution in [0.15, 0.2) is 52.7 Å². The number of nitrogens with zero attached hydrogens (tertiary/aromatic N) is 3. The summed E-state index contributed by atoms with van der Waals surface area (Å²) in [6, 6.07) is 13.4. The molecule has 0 radical (unpaired) electrons. The van der Waals surface area contributed by atoms with Gasteiger partial charge in [0.15, 0.2) is 0 Å². The number of hydrogen-bond acceptors (Lipinski definition) is 3. The number of anilines is 1. The van der Waals surface area contributed by atoms with Crippen LogP contribution < -0.4 is 4.90 Å². The fraction of sp³-hybridized carbons (Fsp3) is 0.294. The van der Waals surface area contributed by atoms with Crippen LogP contribution in [0.1, 0.15) is 5.56 Å². The Morgan fingerprint density at radius 3 is 2.17 bits per heavy atom. The minimum absolute atomic E-state index is 0.562. The maximum Gasteiger partial charge on any atom is 0.0901 e. The molecule has 0 heterocycles. The van der Waals surface area contributed by atoms with E-state index in [0.717, 1.165) is 35.7 Å². The molecule has 0 aromatic heterocycles. The average Bonchev–Trinajstić information content (AvgIpc) is 2.56. The Kier molecular flexibility index (Phi) is 7.15. The van der Waals surface area contributed by atoms with Gasteiger partial charge in [0.1, 0.15) is 0 Å². The molecule has 0 saturated heterocycles. The second-order valence-electron chi connectivity index (χ2n) is 4.97. The van der Waals surface area contributed by atoms with Gasteiger partial charge in [-0.25, -0.2) is 0 Å². The van der Waals surface area contributed by atoms with Crippen molar-refractivity contribution >= 4 is 51.9 Å². The van der Waals surface area contributed by atoms with Crippen molar-refractivity contribution in [1.29, 1.82) is 0 Å². The van der Waals surface area contributed by atoms with E-state index >= 15 is 0 Å². The molecule has 2 aromatic rings. The molecule has 0 saturated carbocycles. The van der Waals surface area contributed by atoms with Crippen LogP contribution in [0.5, 0.6) is 0 Å². The smallest absolute Gasteiger partial charge is 0.0901 e. The summed E-state index contributed by atoms with van der Waals surface area (Å²) in [5, 5.41) is 9.22. The predicted octanol–water partition coefficient (Wildman–Crippen LogP) is 6.35. The summed E-state index contributed by atoms with van der Waals surface area (Å²) in [7, 11) is 0. The van der Waals surface area contributed by atoms with Crippen molar-refractivity contribution in [2.45, 2.75) is 6.92 Å². The molecule has 0 bridgehead atoms. The second kappa shape index (κ2) is 9.11. The van der Waals surface area contributed by atoms with E-state index in [2.05, 4.69) is 15.1 Å². The largest absolute Gasteiger partial charge is 0.369 e. The number of rotatable bonds is 7. The van der Waals surface area contributed by atoms with Gasteiger partial charge in [-0.2, -0.15) is 10.2 Å². The van der Waals surface area contributed by atoms with Gasteiger partial charge >= 0.3 is 0 Å². The summed E-state index contributed by atoms with van der Waals surface area (Å²) in [4.78, 5) is 2.14. The predicted molar refractivity (Wildman–Crippen MR) is 100 cm³/mol. The highest BCUT2D eigenvalue weighted by Crippen LogP contribution is 2.28. The lowest BCUT2D eigenvalue weighted by Gasteiger charge is -2.22. The second-order valence-corrected chi connectivity index (χ2v) is 6.13. The van der Waals surface area contributed by atoms with E-state index in [-0.39, 0.29) is 0 Å². The summed E-state index contributed by atoms with van der Waals surface area (Å²) < 4.78 is 0. The van der Waals surface area contributed by atoms with Crippen LogP contribution in [0.2, 0.25) is 5.02 Å². The van der Waals surface area contributed by atoms with Crippen molar-refractivity contribution in [3.8, 4) is 0 Å². The molecule has 3 nitrogen and oxygen atoms in total. The van der Waals surface area contributed by atoms with Gasteiger partial charge in [-0.05, 0) is 48.9 Å². The van der Waals surface area contributed by atoms with Gasteiger partial charge in [0.2, 0.25) is 0 Å². The third-order valence-corrected chi connectivity index (χ3v) is 4.18. The minimum Gasteiger partial charge on any atom is -0.369 e. The maximum atomic E-state index is 6.08. The highest BCUT2D eigenvalue weighted by Gasteiger charge is 2.05. The lowest BCUT2D eigenvalue weighted by Crippen LogP contribution is -2.27. The van der Waals surface area contributed by atoms with Crippen molar-refractivity contribution < 1.29 is 0 Å². The number of benzene rings is 2. The number of azo groups is 1. The van der Waals surface area contributed by atoms with Gasteiger partial charge in [0.25, 0.3) is 0 Å². The Balaban J connectivity index is 2.13. The third-order valence-electron chi connectivity index (χ3n) is 3.44. The molecule has 0 aliphatic heterocycles. The molecule has 0 fully saturated rings. The molecule has 0 aliphatic carbocycles. The zero-order valence-electron chi connectivity index (χ0n) is 12.8. The molecule has 0 atom stereocenters. The lowest BCUT2D eigenvalue weighted by molar-refractivity contribution is 0.874. The third kappa shape index (κ3) is 5.10. The first-order chi connectivity index (χ1) is 11.2. The van der Waals surface area contributed by atoms with Crippen LogP contribution >= 0.6 is 34.8 Å². The fourth-order valence-corrected chi connectivity index (χ4v) is 2.70. The minimum atomic E-state index is 0.562. The standard InChI is InChI=1S/C17H18Cl3N3/c1-13-16(20)3-2-4-17(13)22-21-14-5-7-15(8-6-14)23(11-9-18)12-10-19/h2-8H,9-12H2,1H3. The molecule has 0 N–H and O–H groups in total. The highest BCUT2D eigenvalue weighted by molar-refractivity contribution is 6.31. The zero-order chi connectivity index (χ0) is 16.7. The molecule has 0 amide bonds. The molecule has 122 valence electrons. The van der Waals surface area contributed by atoms with E-state index in [1.54, 1.807) is 0 Å². The Morgan fingerprint density at radius 2 is 1.57 bits per heavy atom. The van der Waals surface area contributed by atoms with Gasteiger partial charge in [-0.15, -0.1) is 23.2 Å². The Labute approximate surface area is 151 Å². The van der Waals surface area contributed by atoms with Crippen molar-refractivity contribution in [2.24, 2.45) is 10.2 Å². The Bertz CT molecular complexity index is 651. The molecule has 0 aliphatic rings. The van der Waals surface area contributed by atoms with Crippen LogP contribution in [0.25, 0.3) is 0 Å². The fourth-order valence-electron chi connectivity index (χ4n) is 2.12. The monoisotopic (exact) mass is 369 g/mol. The summed E-state index contributed by atoms with van der Waals surface area (Å²) in [5.74, 6) is 1.12. The van der Waals surface area contributed by atoms with Crippen molar-refractivity contribution in [1.82, 2.24) is 0 Å². The number of hydrogen-bond donors (Lipinski definition) is 0. The molecule has 2 aromatic carbocycles. The average molecular weight is 371 g/mol. The Hall–Kier alpha value is -1.29. The summed E-state index contributed by atoms with van der Waals surface area (Å²) >= 11 is 17.7. The van der Waals surface area contributed by atoms with Crippen LogP contribution in [0.4, 0.5) is 17.1 Å². The molecular formula is C17H18Cl3N3. The van der Waals surface area contributed by atoms with Gasteiger partial charge in [0.05, 0.1) is 11.4 Å². The molecule has 23 heavy (non-hydrogen) atoms. The van der Waals surface area contributed by atoms with Gasteiger partial charge < -0.3 is 4.90 Å². The SMILES string of the molecule is Cc1c(Cl)cccc1N=Nc1ccc(N(CCCl)CCCl)cc1. The molecule has 6 heteroatoms. The van der Waals surface area contributed by atoms with Gasteiger partial charge in [-0.1, -0.05) is 17.7 Å². The zero-order valence-corrected chi connectivity index (χ0v) is 15.1. The molecular weight excluding hydrogens is 353 g/mol. The van der Waals surface area contributed by atoms with Crippen LogP contribution in [0.3, 0.4) is 0 Å². The van der Waals surface area contributed by atoms with E-state index in [9.17, 15) is 0 Å². The molecule has 0 unspecified atom stereocenters. The summed E-state index contributed by atoms with van der Waals surface area (Å²) in [5.41, 5.74) is 3.55. The van der Waals surface area contributed by atoms with Crippen LogP contribution in [-0.2, 0) is 0 Å². The molecule has 0 spiro atoms. The summed E-state index contributed by atoms with van der Waals surface area (Å²) in [6.45, 7) is 3.45. The van der Waals surface area contributed by atoms with Gasteiger partial charge in [-0.3, -0.25) is 0 Å². The summed E-state index contributed by atoms with van der Waals surface area (Å²) in [6.07, 6.45) is 0. The van der Waals surface area contributed by atoms with E-state index in [1.165, 1.54) is 0 Å². The van der Waals surface area contributed by atoms with Crippen LogP contribution in [0, 0.1) is 6.92 Å². The first kappa shape index (κ1) is 18.1. The van der Waals surface area contributed by atoms with Crippen LogP contribution in [-0.4, -0.2) is 24.8 Å². The Morgan fingerprint density at radius 1 is 0.913 bits per heavy atom. The van der Waals surface area contributed by atoms with Gasteiger partial charge in [0, 0.05) is 35.6 Å². The van der Waals surface area contributed by atoms with E-state index in [0.29, 0.717) is 16.8 Å². The van der Waals surface area contributed by atoms with Crippen molar-refractivity contribution in [3.05, 3.63) is 53.1 Å². The first-order valence-electron chi connectivity index (χ1n) is 7.29. The highest BCUT2D eigenvalue weighted by atomic mass is 35.5.